The van der Waals surface area contributed by atoms with Crippen LogP contribution in [0.5, 0.6) is 5.88 Å². The topological polar surface area (TPSA) is 54.4 Å². The van der Waals surface area contributed by atoms with Crippen LogP contribution in [0.3, 0.4) is 0 Å². The summed E-state index contributed by atoms with van der Waals surface area (Å²) in [4.78, 5) is 4.23. The van der Waals surface area contributed by atoms with Crippen LogP contribution in [0.1, 0.15) is 39.5 Å². The number of hydrogen-bond donors (Lipinski definition) is 2. The second-order valence-electron chi connectivity index (χ2n) is 4.59. The van der Waals surface area contributed by atoms with Crippen molar-refractivity contribution in [2.45, 2.75) is 45.6 Å². The van der Waals surface area contributed by atoms with E-state index in [-0.39, 0.29) is 6.10 Å². The summed E-state index contributed by atoms with van der Waals surface area (Å²) in [6.07, 6.45) is 6.08. The summed E-state index contributed by atoms with van der Waals surface area (Å²) < 4.78 is 5.63. The molecule has 102 valence electrons. The molecule has 0 atom stereocenters. The number of hydrogen-bond acceptors (Lipinski definition) is 4. The van der Waals surface area contributed by atoms with E-state index in [9.17, 15) is 0 Å². The Labute approximate surface area is 109 Å². The van der Waals surface area contributed by atoms with Crippen LogP contribution in [0.15, 0.2) is 18.3 Å². The van der Waals surface area contributed by atoms with Gasteiger partial charge >= 0.3 is 0 Å². The fourth-order valence-electron chi connectivity index (χ4n) is 1.66. The summed E-state index contributed by atoms with van der Waals surface area (Å²) >= 11 is 0. The molecule has 0 aliphatic rings. The van der Waals surface area contributed by atoms with Gasteiger partial charge in [0.05, 0.1) is 11.8 Å². The molecule has 0 amide bonds. The second-order valence-corrected chi connectivity index (χ2v) is 4.59. The highest BCUT2D eigenvalue weighted by Crippen LogP contribution is 2.21. The Morgan fingerprint density at radius 1 is 1.28 bits per heavy atom. The minimum atomic E-state index is 0.130. The molecule has 0 saturated carbocycles. The Morgan fingerprint density at radius 3 is 2.78 bits per heavy atom. The lowest BCUT2D eigenvalue weighted by Gasteiger charge is -2.14. The van der Waals surface area contributed by atoms with Crippen molar-refractivity contribution in [3.63, 3.8) is 0 Å². The Morgan fingerprint density at radius 2 is 2.06 bits per heavy atom. The molecule has 0 aromatic carbocycles. The minimum Gasteiger partial charge on any atom is -0.473 e. The molecule has 0 unspecified atom stereocenters. The van der Waals surface area contributed by atoms with Crippen molar-refractivity contribution in [1.29, 1.82) is 0 Å². The van der Waals surface area contributed by atoms with E-state index in [4.69, 9.17) is 9.84 Å². The molecule has 0 aliphatic heterocycles. The first kappa shape index (κ1) is 14.8. The first-order chi connectivity index (χ1) is 8.74. The molecule has 1 aromatic heterocycles. The number of unbranched alkanes of at least 4 members (excludes halogenated alkanes) is 3. The third-order valence-corrected chi connectivity index (χ3v) is 2.52. The number of anilines is 1. The first-order valence-corrected chi connectivity index (χ1v) is 6.70. The number of aliphatic hydroxyl groups is 1. The Balaban J connectivity index is 2.32. The highest BCUT2D eigenvalue weighted by Gasteiger charge is 2.05. The Kier molecular flexibility index (Phi) is 7.18. The fourth-order valence-corrected chi connectivity index (χ4v) is 1.66. The first-order valence-electron chi connectivity index (χ1n) is 6.70. The maximum atomic E-state index is 8.68. The van der Waals surface area contributed by atoms with E-state index in [2.05, 4.69) is 10.3 Å². The molecule has 0 saturated heterocycles. The molecule has 18 heavy (non-hydrogen) atoms. The van der Waals surface area contributed by atoms with E-state index in [1.54, 1.807) is 6.20 Å². The van der Waals surface area contributed by atoms with Gasteiger partial charge in [-0.1, -0.05) is 12.8 Å². The molecular weight excluding hydrogens is 228 g/mol. The van der Waals surface area contributed by atoms with Crippen molar-refractivity contribution >= 4 is 5.69 Å². The van der Waals surface area contributed by atoms with Crippen molar-refractivity contribution in [2.75, 3.05) is 18.5 Å². The molecule has 4 heteroatoms. The third-order valence-electron chi connectivity index (χ3n) is 2.52. The van der Waals surface area contributed by atoms with Crippen LogP contribution in [0.4, 0.5) is 5.69 Å². The molecule has 1 aromatic rings. The average molecular weight is 252 g/mol. The second kappa shape index (κ2) is 8.75. The molecule has 0 aliphatic carbocycles. The van der Waals surface area contributed by atoms with Crippen LogP contribution in [0, 0.1) is 0 Å². The van der Waals surface area contributed by atoms with E-state index in [0.29, 0.717) is 12.5 Å². The third kappa shape index (κ3) is 5.87. The lowest BCUT2D eigenvalue weighted by Crippen LogP contribution is -2.10. The predicted molar refractivity (Wildman–Crippen MR) is 74.0 cm³/mol. The zero-order chi connectivity index (χ0) is 13.2. The van der Waals surface area contributed by atoms with Crippen LogP contribution in [-0.4, -0.2) is 29.3 Å². The van der Waals surface area contributed by atoms with Crippen LogP contribution < -0.4 is 10.1 Å². The van der Waals surface area contributed by atoms with Gasteiger partial charge in [-0.15, -0.1) is 0 Å². The molecule has 2 N–H and O–H groups in total. The number of nitrogens with zero attached hydrogens (tertiary/aromatic N) is 1. The summed E-state index contributed by atoms with van der Waals surface area (Å²) in [5.74, 6) is 0.669. The van der Waals surface area contributed by atoms with Crippen molar-refractivity contribution in [3.8, 4) is 5.88 Å². The Bertz CT molecular complexity index is 329. The smallest absolute Gasteiger partial charge is 0.237 e. The van der Waals surface area contributed by atoms with Gasteiger partial charge in [0.15, 0.2) is 0 Å². The number of aliphatic hydroxyl groups excluding tert-OH is 1. The van der Waals surface area contributed by atoms with Gasteiger partial charge in [-0.05, 0) is 38.8 Å². The Hall–Kier alpha value is -1.29. The summed E-state index contributed by atoms with van der Waals surface area (Å²) in [5.41, 5.74) is 0.952. The van der Waals surface area contributed by atoms with Gasteiger partial charge in [-0.25, -0.2) is 4.98 Å². The number of rotatable bonds is 9. The van der Waals surface area contributed by atoms with E-state index in [1.165, 1.54) is 0 Å². The summed E-state index contributed by atoms with van der Waals surface area (Å²) in [5, 5.41) is 12.0. The number of pyridine rings is 1. The van der Waals surface area contributed by atoms with Crippen LogP contribution in [0.25, 0.3) is 0 Å². The van der Waals surface area contributed by atoms with Gasteiger partial charge in [0, 0.05) is 19.3 Å². The summed E-state index contributed by atoms with van der Waals surface area (Å²) in [7, 11) is 0. The fraction of sp³-hybridized carbons (Fsp3) is 0.643. The largest absolute Gasteiger partial charge is 0.473 e. The lowest BCUT2D eigenvalue weighted by molar-refractivity contribution is 0.234. The molecule has 0 spiro atoms. The van der Waals surface area contributed by atoms with E-state index < -0.39 is 0 Å². The van der Waals surface area contributed by atoms with Crippen molar-refractivity contribution in [2.24, 2.45) is 0 Å². The van der Waals surface area contributed by atoms with E-state index in [1.807, 2.05) is 26.0 Å². The highest BCUT2D eigenvalue weighted by molar-refractivity contribution is 5.51. The predicted octanol–water partition coefficient (Wildman–Crippen LogP) is 2.83. The normalized spacial score (nSPS) is 10.7. The van der Waals surface area contributed by atoms with Crippen LogP contribution in [0.2, 0.25) is 0 Å². The molecule has 1 heterocycles. The maximum absolute atomic E-state index is 8.68. The number of ether oxygens (including phenoxy) is 1. The average Bonchev–Trinajstić information content (AvgIpc) is 2.35. The highest BCUT2D eigenvalue weighted by atomic mass is 16.5. The summed E-state index contributed by atoms with van der Waals surface area (Å²) in [6.45, 7) is 5.19. The summed E-state index contributed by atoms with van der Waals surface area (Å²) in [6, 6.07) is 3.89. The lowest BCUT2D eigenvalue weighted by atomic mass is 10.2. The van der Waals surface area contributed by atoms with Gasteiger partial charge in [-0.3, -0.25) is 0 Å². The van der Waals surface area contributed by atoms with Gasteiger partial charge in [-0.2, -0.15) is 0 Å². The minimum absolute atomic E-state index is 0.130. The molecule has 4 nitrogen and oxygen atoms in total. The molecule has 0 bridgehead atoms. The zero-order valence-electron chi connectivity index (χ0n) is 11.4. The van der Waals surface area contributed by atoms with Crippen LogP contribution in [-0.2, 0) is 0 Å². The zero-order valence-corrected chi connectivity index (χ0v) is 11.4. The van der Waals surface area contributed by atoms with Crippen molar-refractivity contribution in [3.05, 3.63) is 18.3 Å². The van der Waals surface area contributed by atoms with Crippen molar-refractivity contribution < 1.29 is 9.84 Å². The number of nitrogens with one attached hydrogen (secondary N) is 1. The van der Waals surface area contributed by atoms with Crippen LogP contribution >= 0.6 is 0 Å². The molecule has 0 radical (unpaired) electrons. The van der Waals surface area contributed by atoms with E-state index in [0.717, 1.165) is 37.9 Å². The van der Waals surface area contributed by atoms with Crippen molar-refractivity contribution in [1.82, 2.24) is 4.98 Å². The van der Waals surface area contributed by atoms with Gasteiger partial charge in [0.1, 0.15) is 0 Å². The SMILES string of the molecule is CC(C)Oc1ncccc1NCCCCCCO. The molecular formula is C14H24N2O2. The molecule has 1 rings (SSSR count). The van der Waals surface area contributed by atoms with E-state index >= 15 is 0 Å². The monoisotopic (exact) mass is 252 g/mol. The van der Waals surface area contributed by atoms with Gasteiger partial charge in [0.2, 0.25) is 5.88 Å². The molecule has 0 fully saturated rings. The van der Waals surface area contributed by atoms with Gasteiger partial charge < -0.3 is 15.2 Å². The van der Waals surface area contributed by atoms with Gasteiger partial charge in [0.25, 0.3) is 0 Å². The number of aromatic nitrogens is 1. The quantitative estimate of drug-likeness (QED) is 0.664. The standard InChI is InChI=1S/C14H24N2O2/c1-12(2)18-14-13(8-7-10-16-14)15-9-5-3-4-6-11-17/h7-8,10,12,15,17H,3-6,9,11H2,1-2H3. The maximum Gasteiger partial charge on any atom is 0.237 e.